The molecule has 2 aromatic rings. The minimum Gasteiger partial charge on any atom is -0.399 e. The molecule has 0 aliphatic carbocycles. The van der Waals surface area contributed by atoms with Gasteiger partial charge in [-0.25, -0.2) is 0 Å². The summed E-state index contributed by atoms with van der Waals surface area (Å²) < 4.78 is 0.989. The summed E-state index contributed by atoms with van der Waals surface area (Å²) >= 11 is 3.48. The normalized spacial score (nSPS) is 10.1. The molecule has 0 aliphatic heterocycles. The molecule has 0 atom stereocenters. The van der Waals surface area contributed by atoms with Gasteiger partial charge in [0.1, 0.15) is 0 Å². The minimum atomic E-state index is 0.761. The average Bonchev–Trinajstić information content (AvgIpc) is 2.29. The molecule has 0 bridgehead atoms. The standard InChI is InChI=1S/C13H13BrN2/c14-12-8-11(15)6-7-13(12)16-9-10-4-2-1-3-5-10/h1-8,16H,9,15H2. The summed E-state index contributed by atoms with van der Waals surface area (Å²) in [5.41, 5.74) is 8.75. The van der Waals surface area contributed by atoms with Gasteiger partial charge in [0.15, 0.2) is 0 Å². The first-order chi connectivity index (χ1) is 7.75. The van der Waals surface area contributed by atoms with Crippen molar-refractivity contribution in [3.63, 3.8) is 0 Å². The average molecular weight is 277 g/mol. The van der Waals surface area contributed by atoms with E-state index >= 15 is 0 Å². The molecule has 0 fully saturated rings. The Balaban J connectivity index is 2.05. The minimum absolute atomic E-state index is 0.761. The molecule has 3 heteroatoms. The SMILES string of the molecule is Nc1ccc(NCc2ccccc2)c(Br)c1. The van der Waals surface area contributed by atoms with Gasteiger partial charge in [-0.2, -0.15) is 0 Å². The summed E-state index contributed by atoms with van der Waals surface area (Å²) in [5.74, 6) is 0. The van der Waals surface area contributed by atoms with E-state index in [9.17, 15) is 0 Å². The summed E-state index contributed by atoms with van der Waals surface area (Å²) in [6, 6.07) is 16.0. The van der Waals surface area contributed by atoms with Crippen molar-refractivity contribution in [1.82, 2.24) is 0 Å². The molecule has 16 heavy (non-hydrogen) atoms. The van der Waals surface area contributed by atoms with E-state index in [1.807, 2.05) is 36.4 Å². The number of benzene rings is 2. The largest absolute Gasteiger partial charge is 0.399 e. The van der Waals surface area contributed by atoms with Crippen LogP contribution in [0, 0.1) is 0 Å². The maximum absolute atomic E-state index is 5.68. The van der Waals surface area contributed by atoms with E-state index < -0.39 is 0 Å². The Morgan fingerprint density at radius 1 is 1.06 bits per heavy atom. The highest BCUT2D eigenvalue weighted by atomic mass is 79.9. The van der Waals surface area contributed by atoms with Crippen molar-refractivity contribution in [3.05, 3.63) is 58.6 Å². The summed E-state index contributed by atoms with van der Waals surface area (Å²) in [7, 11) is 0. The molecule has 0 saturated heterocycles. The van der Waals surface area contributed by atoms with E-state index in [1.54, 1.807) is 0 Å². The number of hydrogen-bond acceptors (Lipinski definition) is 2. The van der Waals surface area contributed by atoms with Gasteiger partial charge in [-0.1, -0.05) is 30.3 Å². The van der Waals surface area contributed by atoms with Gasteiger partial charge in [0, 0.05) is 22.4 Å². The van der Waals surface area contributed by atoms with E-state index in [4.69, 9.17) is 5.73 Å². The molecule has 2 aromatic carbocycles. The van der Waals surface area contributed by atoms with Gasteiger partial charge in [0.2, 0.25) is 0 Å². The van der Waals surface area contributed by atoms with Gasteiger partial charge >= 0.3 is 0 Å². The van der Waals surface area contributed by atoms with Crippen LogP contribution >= 0.6 is 15.9 Å². The molecular weight excluding hydrogens is 264 g/mol. The molecule has 2 nitrogen and oxygen atoms in total. The van der Waals surface area contributed by atoms with Crippen molar-refractivity contribution >= 4 is 27.3 Å². The molecule has 0 saturated carbocycles. The lowest BCUT2D eigenvalue weighted by Crippen LogP contribution is -2.00. The van der Waals surface area contributed by atoms with Gasteiger partial charge in [0.05, 0.1) is 0 Å². The summed E-state index contributed by atoms with van der Waals surface area (Å²) in [5, 5.41) is 3.35. The first kappa shape index (κ1) is 11.0. The first-order valence-electron chi connectivity index (χ1n) is 5.08. The molecule has 2 rings (SSSR count). The molecule has 0 aliphatic rings. The van der Waals surface area contributed by atoms with Gasteiger partial charge in [-0.15, -0.1) is 0 Å². The van der Waals surface area contributed by atoms with E-state index in [1.165, 1.54) is 5.56 Å². The number of nitrogen functional groups attached to an aromatic ring is 1. The van der Waals surface area contributed by atoms with Gasteiger partial charge in [0.25, 0.3) is 0 Å². The van der Waals surface area contributed by atoms with Crippen LogP contribution in [0.5, 0.6) is 0 Å². The highest BCUT2D eigenvalue weighted by Crippen LogP contribution is 2.24. The lowest BCUT2D eigenvalue weighted by Gasteiger charge is -2.09. The molecule has 3 N–H and O–H groups in total. The van der Waals surface area contributed by atoms with Crippen LogP contribution in [-0.2, 0) is 6.54 Å². The van der Waals surface area contributed by atoms with Crippen molar-refractivity contribution in [2.24, 2.45) is 0 Å². The number of nitrogens with two attached hydrogens (primary N) is 1. The lowest BCUT2D eigenvalue weighted by atomic mass is 10.2. The van der Waals surface area contributed by atoms with Crippen molar-refractivity contribution in [2.45, 2.75) is 6.54 Å². The molecule has 0 heterocycles. The smallest absolute Gasteiger partial charge is 0.0488 e. The fraction of sp³-hybridized carbons (Fsp3) is 0.0769. The zero-order chi connectivity index (χ0) is 11.4. The zero-order valence-corrected chi connectivity index (χ0v) is 10.4. The Labute approximate surface area is 104 Å². The first-order valence-corrected chi connectivity index (χ1v) is 5.88. The third kappa shape index (κ3) is 2.76. The molecule has 0 aromatic heterocycles. The fourth-order valence-electron chi connectivity index (χ4n) is 1.47. The lowest BCUT2D eigenvalue weighted by molar-refractivity contribution is 1.15. The third-order valence-electron chi connectivity index (χ3n) is 2.32. The van der Waals surface area contributed by atoms with E-state index in [2.05, 4.69) is 33.4 Å². The monoisotopic (exact) mass is 276 g/mol. The Kier molecular flexibility index (Phi) is 3.47. The Morgan fingerprint density at radius 3 is 2.50 bits per heavy atom. The maximum Gasteiger partial charge on any atom is 0.0488 e. The quantitative estimate of drug-likeness (QED) is 0.840. The molecular formula is C13H13BrN2. The van der Waals surface area contributed by atoms with Gasteiger partial charge in [-0.3, -0.25) is 0 Å². The second kappa shape index (κ2) is 5.03. The zero-order valence-electron chi connectivity index (χ0n) is 8.78. The van der Waals surface area contributed by atoms with E-state index in [-0.39, 0.29) is 0 Å². The summed E-state index contributed by atoms with van der Waals surface area (Å²) in [4.78, 5) is 0. The van der Waals surface area contributed by atoms with Crippen LogP contribution in [0.15, 0.2) is 53.0 Å². The summed E-state index contributed by atoms with van der Waals surface area (Å²) in [6.07, 6.45) is 0. The Bertz CT molecular complexity index is 469. The molecule has 0 radical (unpaired) electrons. The number of nitrogens with one attached hydrogen (secondary N) is 1. The van der Waals surface area contributed by atoms with Gasteiger partial charge in [-0.05, 0) is 39.7 Å². The number of halogens is 1. The second-order valence-corrected chi connectivity index (χ2v) is 4.43. The molecule has 0 spiro atoms. The number of rotatable bonds is 3. The third-order valence-corrected chi connectivity index (χ3v) is 2.98. The molecule has 0 amide bonds. The van der Waals surface area contributed by atoms with Crippen LogP contribution in [-0.4, -0.2) is 0 Å². The Morgan fingerprint density at radius 2 is 1.81 bits per heavy atom. The number of hydrogen-bond donors (Lipinski definition) is 2. The predicted octanol–water partition coefficient (Wildman–Crippen LogP) is 3.64. The van der Waals surface area contributed by atoms with E-state index in [0.717, 1.165) is 22.4 Å². The van der Waals surface area contributed by atoms with E-state index in [0.29, 0.717) is 0 Å². The van der Waals surface area contributed by atoms with Crippen molar-refractivity contribution in [2.75, 3.05) is 11.1 Å². The van der Waals surface area contributed by atoms with Crippen molar-refractivity contribution in [1.29, 1.82) is 0 Å². The van der Waals surface area contributed by atoms with Crippen LogP contribution < -0.4 is 11.1 Å². The fourth-order valence-corrected chi connectivity index (χ4v) is 2.00. The molecule has 82 valence electrons. The highest BCUT2D eigenvalue weighted by molar-refractivity contribution is 9.10. The summed E-state index contributed by atoms with van der Waals surface area (Å²) in [6.45, 7) is 0.809. The van der Waals surface area contributed by atoms with Crippen LogP contribution in [0.4, 0.5) is 11.4 Å². The maximum atomic E-state index is 5.68. The van der Waals surface area contributed by atoms with Crippen LogP contribution in [0.3, 0.4) is 0 Å². The van der Waals surface area contributed by atoms with Crippen molar-refractivity contribution in [3.8, 4) is 0 Å². The van der Waals surface area contributed by atoms with Crippen molar-refractivity contribution < 1.29 is 0 Å². The van der Waals surface area contributed by atoms with Crippen LogP contribution in [0.25, 0.3) is 0 Å². The topological polar surface area (TPSA) is 38.0 Å². The van der Waals surface area contributed by atoms with Crippen LogP contribution in [0.1, 0.15) is 5.56 Å². The van der Waals surface area contributed by atoms with Crippen LogP contribution in [0.2, 0.25) is 0 Å². The Hall–Kier alpha value is -1.48. The molecule has 0 unspecified atom stereocenters. The van der Waals surface area contributed by atoms with Gasteiger partial charge < -0.3 is 11.1 Å². The number of anilines is 2. The second-order valence-electron chi connectivity index (χ2n) is 3.58. The predicted molar refractivity (Wildman–Crippen MR) is 72.3 cm³/mol. The highest BCUT2D eigenvalue weighted by Gasteiger charge is 1.99.